The molecular formula is C10H7F6O2. The van der Waals surface area contributed by atoms with Crippen molar-refractivity contribution in [1.82, 2.24) is 0 Å². The van der Waals surface area contributed by atoms with Gasteiger partial charge in [-0.05, 0) is 18.2 Å². The Kier molecular flexibility index (Phi) is 4.31. The summed E-state index contributed by atoms with van der Waals surface area (Å²) < 4.78 is 79.6. The molecule has 0 amide bonds. The number of benzene rings is 1. The minimum absolute atomic E-state index is 0.271. The molecule has 1 rings (SSSR count). The van der Waals surface area contributed by atoms with E-state index in [0.29, 0.717) is 0 Å². The quantitative estimate of drug-likeness (QED) is 0.783. The van der Waals surface area contributed by atoms with E-state index in [2.05, 4.69) is 15.5 Å². The zero-order chi connectivity index (χ0) is 13.8. The number of alkyl halides is 6. The van der Waals surface area contributed by atoms with Gasteiger partial charge in [-0.3, -0.25) is 0 Å². The molecule has 0 aliphatic heterocycles. The Morgan fingerprint density at radius 1 is 0.833 bits per heavy atom. The molecule has 0 saturated heterocycles. The van der Waals surface area contributed by atoms with E-state index in [-0.39, 0.29) is 11.5 Å². The third-order valence-corrected chi connectivity index (χ3v) is 1.54. The van der Waals surface area contributed by atoms with E-state index < -0.39 is 25.6 Å². The highest BCUT2D eigenvalue weighted by Crippen LogP contribution is 2.24. The van der Waals surface area contributed by atoms with Crippen molar-refractivity contribution in [3.63, 3.8) is 0 Å². The Morgan fingerprint density at radius 3 is 1.56 bits per heavy atom. The lowest BCUT2D eigenvalue weighted by Gasteiger charge is -2.11. The second-order valence-electron chi connectivity index (χ2n) is 3.21. The fraction of sp³-hybridized carbons (Fsp3) is 0.400. The molecule has 8 heteroatoms. The van der Waals surface area contributed by atoms with Crippen molar-refractivity contribution in [3.8, 4) is 11.5 Å². The van der Waals surface area contributed by atoms with E-state index in [1.807, 2.05) is 0 Å². The molecule has 0 saturated carbocycles. The van der Waals surface area contributed by atoms with Gasteiger partial charge in [0.15, 0.2) is 13.2 Å². The van der Waals surface area contributed by atoms with E-state index in [9.17, 15) is 26.3 Å². The molecule has 0 fully saturated rings. The van der Waals surface area contributed by atoms with Crippen molar-refractivity contribution in [2.75, 3.05) is 13.2 Å². The molecule has 0 N–H and O–H groups in total. The maximum absolute atomic E-state index is 11.8. The predicted molar refractivity (Wildman–Crippen MR) is 48.4 cm³/mol. The van der Waals surface area contributed by atoms with Crippen LogP contribution in [0, 0.1) is 6.07 Å². The molecule has 0 atom stereocenters. The number of rotatable bonds is 4. The van der Waals surface area contributed by atoms with Crippen LogP contribution in [0.2, 0.25) is 0 Å². The maximum Gasteiger partial charge on any atom is 0.422 e. The molecule has 1 aromatic rings. The highest BCUT2D eigenvalue weighted by molar-refractivity contribution is 5.32. The Labute approximate surface area is 98.1 Å². The average Bonchev–Trinajstić information content (AvgIpc) is 2.22. The summed E-state index contributed by atoms with van der Waals surface area (Å²) in [5, 5.41) is 0. The van der Waals surface area contributed by atoms with E-state index in [0.717, 1.165) is 18.2 Å². The van der Waals surface area contributed by atoms with Crippen LogP contribution in [0.15, 0.2) is 18.2 Å². The van der Waals surface area contributed by atoms with Gasteiger partial charge < -0.3 is 9.47 Å². The van der Waals surface area contributed by atoms with Crippen molar-refractivity contribution in [3.05, 3.63) is 24.3 Å². The minimum atomic E-state index is -4.52. The van der Waals surface area contributed by atoms with Gasteiger partial charge in [0.1, 0.15) is 11.5 Å². The Hall–Kier alpha value is -1.60. The third kappa shape index (κ3) is 6.21. The van der Waals surface area contributed by atoms with Crippen LogP contribution < -0.4 is 9.47 Å². The lowest BCUT2D eigenvalue weighted by atomic mass is 10.3. The highest BCUT2D eigenvalue weighted by Gasteiger charge is 2.29. The standard InChI is InChI=1S/C10H7F6O2/c11-9(12,13)5-17-7-2-1-3-8(4-7)18-6-10(14,15)16/h2-4H,5-6H2. The molecule has 1 radical (unpaired) electrons. The summed E-state index contributed by atoms with van der Waals surface area (Å²) in [7, 11) is 0. The second-order valence-corrected chi connectivity index (χ2v) is 3.21. The highest BCUT2D eigenvalue weighted by atomic mass is 19.4. The van der Waals surface area contributed by atoms with E-state index in [1.54, 1.807) is 0 Å². The molecule has 18 heavy (non-hydrogen) atoms. The molecule has 0 spiro atoms. The van der Waals surface area contributed by atoms with Crippen LogP contribution >= 0.6 is 0 Å². The number of halogens is 6. The lowest BCUT2D eigenvalue weighted by Crippen LogP contribution is -2.20. The van der Waals surface area contributed by atoms with Crippen LogP contribution in [-0.2, 0) is 0 Å². The minimum Gasteiger partial charge on any atom is -0.484 e. The van der Waals surface area contributed by atoms with Gasteiger partial charge >= 0.3 is 12.4 Å². The first-order chi connectivity index (χ1) is 8.16. The van der Waals surface area contributed by atoms with Gasteiger partial charge in [0.05, 0.1) is 0 Å². The van der Waals surface area contributed by atoms with Crippen LogP contribution in [0.4, 0.5) is 26.3 Å². The monoisotopic (exact) mass is 273 g/mol. The SMILES string of the molecule is FC(F)(F)COc1c[c]cc(OCC(F)(F)F)c1. The molecule has 0 bridgehead atoms. The predicted octanol–water partition coefficient (Wildman–Crippen LogP) is 3.37. The fourth-order valence-corrected chi connectivity index (χ4v) is 0.926. The Bertz CT molecular complexity index is 351. The summed E-state index contributed by atoms with van der Waals surface area (Å²) in [5.74, 6) is -0.543. The van der Waals surface area contributed by atoms with Crippen LogP contribution in [0.25, 0.3) is 0 Å². The summed E-state index contributed by atoms with van der Waals surface area (Å²) in [5.41, 5.74) is 0. The molecule has 2 nitrogen and oxygen atoms in total. The summed E-state index contributed by atoms with van der Waals surface area (Å²) in [6.45, 7) is -3.08. The van der Waals surface area contributed by atoms with Gasteiger partial charge in [0.25, 0.3) is 0 Å². The van der Waals surface area contributed by atoms with Crippen molar-refractivity contribution in [2.45, 2.75) is 12.4 Å². The largest absolute Gasteiger partial charge is 0.484 e. The topological polar surface area (TPSA) is 18.5 Å². The normalized spacial score (nSPS) is 12.3. The van der Waals surface area contributed by atoms with Gasteiger partial charge in [-0.15, -0.1) is 0 Å². The lowest BCUT2D eigenvalue weighted by molar-refractivity contribution is -0.153. The molecule has 1 aromatic carbocycles. The third-order valence-electron chi connectivity index (χ3n) is 1.54. The van der Waals surface area contributed by atoms with Crippen molar-refractivity contribution in [1.29, 1.82) is 0 Å². The molecule has 0 aliphatic rings. The molecule has 0 aromatic heterocycles. The molecular weight excluding hydrogens is 266 g/mol. The van der Waals surface area contributed by atoms with Crippen LogP contribution in [0.5, 0.6) is 11.5 Å². The number of ether oxygens (including phenoxy) is 2. The van der Waals surface area contributed by atoms with Gasteiger partial charge in [0.2, 0.25) is 0 Å². The molecule has 0 unspecified atom stereocenters. The average molecular weight is 273 g/mol. The van der Waals surface area contributed by atoms with E-state index >= 15 is 0 Å². The van der Waals surface area contributed by atoms with Crippen molar-refractivity contribution >= 4 is 0 Å². The van der Waals surface area contributed by atoms with Crippen LogP contribution in [-0.4, -0.2) is 25.6 Å². The summed E-state index contributed by atoms with van der Waals surface area (Å²) in [6.07, 6.45) is -9.05. The first kappa shape index (κ1) is 14.5. The van der Waals surface area contributed by atoms with Crippen molar-refractivity contribution < 1.29 is 35.8 Å². The molecule has 0 aliphatic carbocycles. The Balaban J connectivity index is 2.57. The number of hydrogen-bond acceptors (Lipinski definition) is 2. The Morgan fingerprint density at radius 2 is 1.22 bits per heavy atom. The second kappa shape index (κ2) is 5.36. The zero-order valence-corrected chi connectivity index (χ0v) is 8.73. The van der Waals surface area contributed by atoms with E-state index in [1.165, 1.54) is 0 Å². The van der Waals surface area contributed by atoms with Crippen molar-refractivity contribution in [2.24, 2.45) is 0 Å². The van der Waals surface area contributed by atoms with E-state index in [4.69, 9.17) is 0 Å². The zero-order valence-electron chi connectivity index (χ0n) is 8.73. The summed E-state index contributed by atoms with van der Waals surface area (Å²) in [6, 6.07) is 5.37. The smallest absolute Gasteiger partial charge is 0.422 e. The maximum atomic E-state index is 11.8. The summed E-state index contributed by atoms with van der Waals surface area (Å²) in [4.78, 5) is 0. The van der Waals surface area contributed by atoms with Gasteiger partial charge in [-0.25, -0.2) is 0 Å². The molecule has 0 heterocycles. The van der Waals surface area contributed by atoms with Crippen LogP contribution in [0.1, 0.15) is 0 Å². The van der Waals surface area contributed by atoms with Gasteiger partial charge in [-0.1, -0.05) is 0 Å². The van der Waals surface area contributed by atoms with Crippen LogP contribution in [0.3, 0.4) is 0 Å². The molecule has 101 valence electrons. The first-order valence-corrected chi connectivity index (χ1v) is 4.56. The van der Waals surface area contributed by atoms with Gasteiger partial charge in [-0.2, -0.15) is 26.3 Å². The first-order valence-electron chi connectivity index (χ1n) is 4.56. The number of hydrogen-bond donors (Lipinski definition) is 0. The summed E-state index contributed by atoms with van der Waals surface area (Å²) >= 11 is 0. The van der Waals surface area contributed by atoms with Gasteiger partial charge in [0, 0.05) is 6.07 Å². The fourth-order valence-electron chi connectivity index (χ4n) is 0.926.